The van der Waals surface area contributed by atoms with Crippen LogP contribution in [-0.2, 0) is 0 Å². The number of nitrogens with one attached hydrogen (secondary N) is 2. The molecule has 7 heteroatoms. The first-order chi connectivity index (χ1) is 16.0. The molecule has 0 aromatic heterocycles. The van der Waals surface area contributed by atoms with Crippen molar-refractivity contribution < 1.29 is 24.5 Å². The van der Waals surface area contributed by atoms with Crippen molar-refractivity contribution in [3.8, 4) is 23.0 Å². The summed E-state index contributed by atoms with van der Waals surface area (Å²) in [6.45, 7) is 0. The Kier molecular flexibility index (Phi) is 6.22. The Labute approximate surface area is 189 Å². The van der Waals surface area contributed by atoms with Gasteiger partial charge >= 0.3 is 0 Å². The standard InChI is InChI=1S/C26H20N2O5/c29-23-10-3-1-8-21(23)25(31)27-17-12-14-19(15-13-17)33-20-7-5-6-18(16-20)28-26(32)22-9-2-4-11-24(22)30/h1-16,29-30H,(H,27,31)(H,28,32). The minimum absolute atomic E-state index is 0.0931. The number of carbonyl (C=O) groups is 2. The number of hydrogen-bond acceptors (Lipinski definition) is 5. The Balaban J connectivity index is 1.40. The summed E-state index contributed by atoms with van der Waals surface area (Å²) in [6.07, 6.45) is 0. The van der Waals surface area contributed by atoms with Gasteiger partial charge in [0.15, 0.2) is 0 Å². The number of aromatic hydroxyl groups is 2. The van der Waals surface area contributed by atoms with Crippen LogP contribution in [-0.4, -0.2) is 22.0 Å². The van der Waals surface area contributed by atoms with Gasteiger partial charge in [-0.25, -0.2) is 0 Å². The van der Waals surface area contributed by atoms with Crippen LogP contribution in [0.4, 0.5) is 11.4 Å². The lowest BCUT2D eigenvalue weighted by atomic mass is 10.2. The van der Waals surface area contributed by atoms with Crippen LogP contribution >= 0.6 is 0 Å². The van der Waals surface area contributed by atoms with Gasteiger partial charge in [0, 0.05) is 17.4 Å². The molecule has 4 N–H and O–H groups in total. The Morgan fingerprint density at radius 1 is 0.576 bits per heavy atom. The summed E-state index contributed by atoms with van der Waals surface area (Å²) in [5.41, 5.74) is 1.40. The number of hydrogen-bond donors (Lipinski definition) is 4. The number of benzene rings is 4. The van der Waals surface area contributed by atoms with E-state index in [-0.39, 0.29) is 22.6 Å². The average molecular weight is 440 g/mol. The second kappa shape index (κ2) is 9.57. The second-order valence-electron chi connectivity index (χ2n) is 7.10. The fourth-order valence-electron chi connectivity index (χ4n) is 3.11. The maximum absolute atomic E-state index is 12.4. The first kappa shape index (κ1) is 21.5. The minimum Gasteiger partial charge on any atom is -0.507 e. The average Bonchev–Trinajstić information content (AvgIpc) is 2.81. The third kappa shape index (κ3) is 5.29. The van der Waals surface area contributed by atoms with Gasteiger partial charge in [-0.3, -0.25) is 9.59 Å². The van der Waals surface area contributed by atoms with Crippen LogP contribution in [0.3, 0.4) is 0 Å². The third-order valence-corrected chi connectivity index (χ3v) is 4.74. The molecule has 164 valence electrons. The first-order valence-corrected chi connectivity index (χ1v) is 10.1. The quantitative estimate of drug-likeness (QED) is 0.321. The van der Waals surface area contributed by atoms with E-state index in [0.717, 1.165) is 0 Å². The molecule has 0 heterocycles. The smallest absolute Gasteiger partial charge is 0.259 e. The summed E-state index contributed by atoms with van der Waals surface area (Å²) in [6, 6.07) is 26.2. The van der Waals surface area contributed by atoms with Crippen LogP contribution < -0.4 is 15.4 Å². The van der Waals surface area contributed by atoms with Crippen LogP contribution in [0, 0.1) is 0 Å². The monoisotopic (exact) mass is 440 g/mol. The molecule has 0 unspecified atom stereocenters. The van der Waals surface area contributed by atoms with Crippen molar-refractivity contribution in [3.63, 3.8) is 0 Å². The summed E-state index contributed by atoms with van der Waals surface area (Å²) in [5, 5.41) is 25.1. The number of carbonyl (C=O) groups excluding carboxylic acids is 2. The summed E-state index contributed by atoms with van der Waals surface area (Å²) >= 11 is 0. The molecule has 4 aromatic rings. The lowest BCUT2D eigenvalue weighted by Crippen LogP contribution is -2.12. The zero-order valence-corrected chi connectivity index (χ0v) is 17.4. The number of ether oxygens (including phenoxy) is 1. The van der Waals surface area contributed by atoms with Gasteiger partial charge in [-0.2, -0.15) is 0 Å². The van der Waals surface area contributed by atoms with Crippen LogP contribution in [0.25, 0.3) is 0 Å². The van der Waals surface area contributed by atoms with E-state index in [1.807, 2.05) is 0 Å². The van der Waals surface area contributed by atoms with Crippen LogP contribution in [0.5, 0.6) is 23.0 Å². The fourth-order valence-corrected chi connectivity index (χ4v) is 3.11. The number of amides is 2. The van der Waals surface area contributed by atoms with E-state index >= 15 is 0 Å². The van der Waals surface area contributed by atoms with Gasteiger partial charge in [-0.1, -0.05) is 30.3 Å². The van der Waals surface area contributed by atoms with Crippen molar-refractivity contribution in [2.75, 3.05) is 10.6 Å². The number of para-hydroxylation sites is 2. The molecule has 2 amide bonds. The third-order valence-electron chi connectivity index (χ3n) is 4.74. The molecule has 0 saturated carbocycles. The van der Waals surface area contributed by atoms with E-state index < -0.39 is 11.8 Å². The molecule has 4 rings (SSSR count). The molecular weight excluding hydrogens is 420 g/mol. The van der Waals surface area contributed by atoms with E-state index in [1.165, 1.54) is 24.3 Å². The van der Waals surface area contributed by atoms with Gasteiger partial charge in [0.05, 0.1) is 11.1 Å². The molecule has 0 aliphatic rings. The van der Waals surface area contributed by atoms with E-state index in [9.17, 15) is 19.8 Å². The van der Waals surface area contributed by atoms with Crippen molar-refractivity contribution in [2.24, 2.45) is 0 Å². The van der Waals surface area contributed by atoms with E-state index in [0.29, 0.717) is 22.9 Å². The first-order valence-electron chi connectivity index (χ1n) is 10.1. The Morgan fingerprint density at radius 2 is 1.12 bits per heavy atom. The normalized spacial score (nSPS) is 10.3. The summed E-state index contributed by atoms with van der Waals surface area (Å²) in [4.78, 5) is 24.7. The molecular formula is C26H20N2O5. The number of phenolic OH excluding ortho intramolecular Hbond substituents is 2. The van der Waals surface area contributed by atoms with Gasteiger partial charge < -0.3 is 25.6 Å². The molecule has 0 saturated heterocycles. The van der Waals surface area contributed by atoms with Crippen LogP contribution in [0.2, 0.25) is 0 Å². The molecule has 0 aliphatic carbocycles. The summed E-state index contributed by atoms with van der Waals surface area (Å²) in [7, 11) is 0. The maximum Gasteiger partial charge on any atom is 0.259 e. The molecule has 0 fully saturated rings. The Hall–Kier alpha value is -4.78. The molecule has 0 bridgehead atoms. The maximum atomic E-state index is 12.4. The van der Waals surface area contributed by atoms with Crippen molar-refractivity contribution in [1.29, 1.82) is 0 Å². The number of anilines is 2. The summed E-state index contributed by atoms with van der Waals surface area (Å²) in [5.74, 6) is -0.0262. The van der Waals surface area contributed by atoms with Gasteiger partial charge in [0.1, 0.15) is 23.0 Å². The zero-order chi connectivity index (χ0) is 23.2. The van der Waals surface area contributed by atoms with Crippen molar-refractivity contribution in [2.45, 2.75) is 0 Å². The van der Waals surface area contributed by atoms with Crippen molar-refractivity contribution in [3.05, 3.63) is 108 Å². The highest BCUT2D eigenvalue weighted by atomic mass is 16.5. The lowest BCUT2D eigenvalue weighted by molar-refractivity contribution is 0.101. The van der Waals surface area contributed by atoms with Crippen LogP contribution in [0.15, 0.2) is 97.1 Å². The highest BCUT2D eigenvalue weighted by Crippen LogP contribution is 2.27. The predicted molar refractivity (Wildman–Crippen MR) is 125 cm³/mol. The molecule has 0 aliphatic heterocycles. The summed E-state index contributed by atoms with van der Waals surface area (Å²) < 4.78 is 5.84. The molecule has 33 heavy (non-hydrogen) atoms. The Bertz CT molecular complexity index is 1300. The zero-order valence-electron chi connectivity index (χ0n) is 17.4. The lowest BCUT2D eigenvalue weighted by Gasteiger charge is -2.11. The molecule has 7 nitrogen and oxygen atoms in total. The van der Waals surface area contributed by atoms with Crippen molar-refractivity contribution in [1.82, 2.24) is 0 Å². The topological polar surface area (TPSA) is 108 Å². The molecule has 0 atom stereocenters. The highest BCUT2D eigenvalue weighted by Gasteiger charge is 2.12. The highest BCUT2D eigenvalue weighted by molar-refractivity contribution is 6.06. The van der Waals surface area contributed by atoms with Gasteiger partial charge in [-0.15, -0.1) is 0 Å². The largest absolute Gasteiger partial charge is 0.507 e. The Morgan fingerprint density at radius 3 is 1.70 bits per heavy atom. The van der Waals surface area contributed by atoms with Gasteiger partial charge in [-0.05, 0) is 60.7 Å². The second-order valence-corrected chi connectivity index (χ2v) is 7.10. The SMILES string of the molecule is O=C(Nc1ccc(Oc2cccc(NC(=O)c3ccccc3O)c2)cc1)c1ccccc1O. The van der Waals surface area contributed by atoms with E-state index in [2.05, 4.69) is 10.6 Å². The number of phenols is 2. The number of rotatable bonds is 6. The van der Waals surface area contributed by atoms with Crippen LogP contribution in [0.1, 0.15) is 20.7 Å². The minimum atomic E-state index is -0.435. The predicted octanol–water partition coefficient (Wildman–Crippen LogP) is 5.39. The van der Waals surface area contributed by atoms with Crippen molar-refractivity contribution >= 4 is 23.2 Å². The molecule has 0 spiro atoms. The van der Waals surface area contributed by atoms with Gasteiger partial charge in [0.2, 0.25) is 0 Å². The van der Waals surface area contributed by atoms with E-state index in [4.69, 9.17) is 4.74 Å². The molecule has 4 aromatic carbocycles. The van der Waals surface area contributed by atoms with Gasteiger partial charge in [0.25, 0.3) is 11.8 Å². The van der Waals surface area contributed by atoms with E-state index in [1.54, 1.807) is 72.8 Å². The fraction of sp³-hybridized carbons (Fsp3) is 0. The molecule has 0 radical (unpaired) electrons.